The van der Waals surface area contributed by atoms with Gasteiger partial charge in [-0.05, 0) is 44.2 Å². The van der Waals surface area contributed by atoms with E-state index in [1.807, 2.05) is 19.9 Å². The summed E-state index contributed by atoms with van der Waals surface area (Å²) < 4.78 is 38.3. The van der Waals surface area contributed by atoms with Crippen LogP contribution >= 0.6 is 11.6 Å². The Balaban J connectivity index is 1.68. The smallest absolute Gasteiger partial charge is 0.354 e. The molecule has 0 aliphatic heterocycles. The zero-order valence-corrected chi connectivity index (χ0v) is 16.8. The quantitative estimate of drug-likeness (QED) is 0.383. The van der Waals surface area contributed by atoms with E-state index >= 15 is 0 Å². The van der Waals surface area contributed by atoms with E-state index < -0.39 is 22.8 Å². The molecule has 3 rings (SSSR count). The highest BCUT2D eigenvalue weighted by atomic mass is 35.5. The molecular weight excluding hydrogens is 419 g/mol. The van der Waals surface area contributed by atoms with Crippen LogP contribution in [0.3, 0.4) is 0 Å². The van der Waals surface area contributed by atoms with Gasteiger partial charge < -0.3 is 20.9 Å². The Labute approximate surface area is 175 Å². The van der Waals surface area contributed by atoms with Crippen molar-refractivity contribution in [2.45, 2.75) is 26.1 Å². The Morgan fingerprint density at radius 2 is 1.80 bits per heavy atom. The second-order valence-electron chi connectivity index (χ2n) is 6.80. The van der Waals surface area contributed by atoms with E-state index in [-0.39, 0.29) is 11.7 Å². The minimum Gasteiger partial charge on any atom is -0.354 e. The molecule has 0 saturated carbocycles. The van der Waals surface area contributed by atoms with E-state index in [0.717, 1.165) is 29.5 Å². The summed E-state index contributed by atoms with van der Waals surface area (Å²) in [6, 6.07) is 9.65. The van der Waals surface area contributed by atoms with Gasteiger partial charge in [0.15, 0.2) is 0 Å². The second kappa shape index (κ2) is 8.66. The number of hydrogen-bond donors (Lipinski definition) is 4. The Hall–Kier alpha value is -3.20. The van der Waals surface area contributed by atoms with E-state index in [9.17, 15) is 18.0 Å². The van der Waals surface area contributed by atoms with Gasteiger partial charge in [-0.3, -0.25) is 0 Å². The Bertz CT molecular complexity index is 1050. The molecule has 0 bridgehead atoms. The number of H-pyrrole nitrogens is 1. The minimum atomic E-state index is -4.56. The molecule has 158 valence electrons. The predicted octanol–water partition coefficient (Wildman–Crippen LogP) is 6.21. The summed E-state index contributed by atoms with van der Waals surface area (Å²) in [5, 5.41) is 7.77. The number of hydrogen-bond acceptors (Lipinski definition) is 3. The van der Waals surface area contributed by atoms with E-state index in [2.05, 4.69) is 25.9 Å². The molecule has 0 aliphatic carbocycles. The number of rotatable bonds is 5. The number of aromatic nitrogens is 2. The number of alkyl halides is 3. The second-order valence-corrected chi connectivity index (χ2v) is 7.20. The van der Waals surface area contributed by atoms with Crippen molar-refractivity contribution in [3.05, 3.63) is 59.2 Å². The topological polar surface area (TPSA) is 81.8 Å². The van der Waals surface area contributed by atoms with Gasteiger partial charge in [-0.25, -0.2) is 9.78 Å². The number of anilines is 3. The fourth-order valence-corrected chi connectivity index (χ4v) is 2.98. The first-order chi connectivity index (χ1) is 14.1. The molecule has 4 N–H and O–H groups in total. The van der Waals surface area contributed by atoms with Crippen LogP contribution in [0.25, 0.3) is 11.3 Å². The number of amides is 2. The molecule has 2 amide bonds. The number of halogens is 4. The highest BCUT2D eigenvalue weighted by molar-refractivity contribution is 6.31. The van der Waals surface area contributed by atoms with E-state index in [1.165, 1.54) is 0 Å². The molecule has 0 unspecified atom stereocenters. The van der Waals surface area contributed by atoms with Crippen LogP contribution in [0, 0.1) is 0 Å². The van der Waals surface area contributed by atoms with E-state index in [4.69, 9.17) is 11.6 Å². The molecule has 0 aliphatic rings. The Morgan fingerprint density at radius 3 is 2.43 bits per heavy atom. The molecular formula is C20H19ClF3N5O. The van der Waals surface area contributed by atoms with Gasteiger partial charge in [0.25, 0.3) is 0 Å². The van der Waals surface area contributed by atoms with Crippen molar-refractivity contribution < 1.29 is 18.0 Å². The summed E-state index contributed by atoms with van der Waals surface area (Å²) in [6.07, 6.45) is -2.89. The summed E-state index contributed by atoms with van der Waals surface area (Å²) >= 11 is 5.67. The van der Waals surface area contributed by atoms with Gasteiger partial charge >= 0.3 is 12.2 Å². The zero-order valence-electron chi connectivity index (χ0n) is 16.1. The number of nitrogens with one attached hydrogen (secondary N) is 4. The molecule has 10 heteroatoms. The number of carbonyl (C=O) groups is 1. The fourth-order valence-electron chi connectivity index (χ4n) is 2.70. The first-order valence-corrected chi connectivity index (χ1v) is 9.36. The van der Waals surface area contributed by atoms with E-state index in [0.29, 0.717) is 11.6 Å². The van der Waals surface area contributed by atoms with Gasteiger partial charge in [-0.1, -0.05) is 23.7 Å². The third kappa shape index (κ3) is 5.44. The van der Waals surface area contributed by atoms with Crippen LogP contribution in [-0.2, 0) is 6.18 Å². The van der Waals surface area contributed by atoms with Crippen molar-refractivity contribution in [3.8, 4) is 11.3 Å². The molecule has 2 aromatic carbocycles. The molecule has 0 spiro atoms. The maximum atomic E-state index is 12.8. The normalized spacial score (nSPS) is 11.4. The van der Waals surface area contributed by atoms with Gasteiger partial charge in [0.2, 0.25) is 5.95 Å². The number of carbonyl (C=O) groups excluding carboxylic acids is 1. The number of benzene rings is 2. The van der Waals surface area contributed by atoms with Crippen LogP contribution in [0.5, 0.6) is 0 Å². The van der Waals surface area contributed by atoms with Crippen LogP contribution in [-0.4, -0.2) is 22.0 Å². The average molecular weight is 438 g/mol. The van der Waals surface area contributed by atoms with Crippen LogP contribution in [0.4, 0.5) is 35.3 Å². The van der Waals surface area contributed by atoms with Gasteiger partial charge in [0.1, 0.15) is 0 Å². The number of nitrogens with zero attached hydrogens (tertiary/aromatic N) is 1. The van der Waals surface area contributed by atoms with Crippen molar-refractivity contribution in [3.63, 3.8) is 0 Å². The molecule has 30 heavy (non-hydrogen) atoms. The molecule has 1 heterocycles. The Kier molecular flexibility index (Phi) is 6.21. The monoisotopic (exact) mass is 437 g/mol. The highest BCUT2D eigenvalue weighted by Crippen LogP contribution is 2.35. The summed E-state index contributed by atoms with van der Waals surface area (Å²) in [7, 11) is 0. The van der Waals surface area contributed by atoms with Gasteiger partial charge in [-0.2, -0.15) is 13.2 Å². The van der Waals surface area contributed by atoms with Crippen LogP contribution in [0.1, 0.15) is 19.4 Å². The lowest BCUT2D eigenvalue weighted by atomic mass is 10.1. The van der Waals surface area contributed by atoms with Crippen molar-refractivity contribution in [1.29, 1.82) is 0 Å². The highest BCUT2D eigenvalue weighted by Gasteiger charge is 2.33. The van der Waals surface area contributed by atoms with Crippen LogP contribution < -0.4 is 16.0 Å². The minimum absolute atomic E-state index is 0.139. The largest absolute Gasteiger partial charge is 0.417 e. The number of urea groups is 1. The van der Waals surface area contributed by atoms with Crippen molar-refractivity contribution in [1.82, 2.24) is 9.97 Å². The molecule has 3 aromatic rings. The first-order valence-electron chi connectivity index (χ1n) is 8.98. The molecule has 0 saturated heterocycles. The lowest BCUT2D eigenvalue weighted by Gasteiger charge is -2.12. The van der Waals surface area contributed by atoms with Crippen molar-refractivity contribution in [2.75, 3.05) is 16.0 Å². The zero-order chi connectivity index (χ0) is 21.9. The average Bonchev–Trinajstić information content (AvgIpc) is 3.08. The molecule has 0 fully saturated rings. The summed E-state index contributed by atoms with van der Waals surface area (Å²) in [4.78, 5) is 19.6. The SMILES string of the molecule is CC(C)Nc1ncc(-c2cccc(NC(=O)Nc3ccc(C(F)(F)F)c(Cl)c3)c2)[nH]1. The fraction of sp³-hybridized carbons (Fsp3) is 0.200. The van der Waals surface area contributed by atoms with Gasteiger partial charge in [-0.15, -0.1) is 0 Å². The summed E-state index contributed by atoms with van der Waals surface area (Å²) in [5.41, 5.74) is 1.23. The Morgan fingerprint density at radius 1 is 1.10 bits per heavy atom. The van der Waals surface area contributed by atoms with Crippen molar-refractivity contribution in [2.24, 2.45) is 0 Å². The number of aromatic amines is 1. The predicted molar refractivity (Wildman–Crippen MR) is 112 cm³/mol. The number of imidazole rings is 1. The standard InChI is InChI=1S/C20H19ClF3N5O/c1-11(2)26-18-25-10-17(29-18)12-4-3-5-13(8-12)27-19(30)28-14-6-7-15(16(21)9-14)20(22,23)24/h3-11H,1-2H3,(H2,25,26,29)(H2,27,28,30). The van der Waals surface area contributed by atoms with E-state index in [1.54, 1.807) is 24.4 Å². The summed E-state index contributed by atoms with van der Waals surface area (Å²) in [6.45, 7) is 3.99. The van der Waals surface area contributed by atoms with Gasteiger partial charge in [0.05, 0.1) is 22.5 Å². The maximum absolute atomic E-state index is 12.8. The third-order valence-electron chi connectivity index (χ3n) is 3.97. The molecule has 0 atom stereocenters. The molecule has 1 aromatic heterocycles. The first kappa shape index (κ1) is 21.5. The van der Waals surface area contributed by atoms with Crippen LogP contribution in [0.2, 0.25) is 5.02 Å². The lowest BCUT2D eigenvalue weighted by molar-refractivity contribution is -0.137. The molecule has 6 nitrogen and oxygen atoms in total. The van der Waals surface area contributed by atoms with Gasteiger partial charge in [0, 0.05) is 23.0 Å². The molecule has 0 radical (unpaired) electrons. The third-order valence-corrected chi connectivity index (χ3v) is 4.28. The lowest BCUT2D eigenvalue weighted by Crippen LogP contribution is -2.19. The van der Waals surface area contributed by atoms with Crippen LogP contribution in [0.15, 0.2) is 48.7 Å². The van der Waals surface area contributed by atoms with Crippen molar-refractivity contribution >= 4 is 35.0 Å². The maximum Gasteiger partial charge on any atom is 0.417 e. The summed E-state index contributed by atoms with van der Waals surface area (Å²) in [5.74, 6) is 0.635.